The van der Waals surface area contributed by atoms with Crippen LogP contribution in [0.1, 0.15) is 53.2 Å². The van der Waals surface area contributed by atoms with Crippen LogP contribution in [0.3, 0.4) is 0 Å². The number of benzene rings is 2. The fraction of sp³-hybridized carbons (Fsp3) is 0.407. The van der Waals surface area contributed by atoms with Gasteiger partial charge in [-0.1, -0.05) is 24.0 Å². The molecule has 1 aliphatic rings. The van der Waals surface area contributed by atoms with Gasteiger partial charge in [0.05, 0.1) is 6.10 Å². The number of Topliss-reactive ketones (excluding diaryl/α,β-unsaturated/α-hetero) is 1. The Bertz CT molecular complexity index is 982. The quantitative estimate of drug-likeness (QED) is 0.464. The summed E-state index contributed by atoms with van der Waals surface area (Å²) in [5, 5.41) is 24.6. The van der Waals surface area contributed by atoms with Crippen molar-refractivity contribution < 1.29 is 19.8 Å². The number of aryl methyl sites for hydroxylation is 1. The number of ketones is 1. The predicted octanol–water partition coefficient (Wildman–Crippen LogP) is 2.06. The topological polar surface area (TPSA) is 98.7 Å². The lowest BCUT2D eigenvalue weighted by Crippen LogP contribution is -2.48. The van der Waals surface area contributed by atoms with Crippen LogP contribution in [-0.2, 0) is 11.2 Å². The summed E-state index contributed by atoms with van der Waals surface area (Å²) in [7, 11) is 0. The van der Waals surface area contributed by atoms with Crippen LogP contribution in [0.5, 0.6) is 0 Å². The first-order chi connectivity index (χ1) is 16.0. The van der Waals surface area contributed by atoms with Crippen molar-refractivity contribution in [1.82, 2.24) is 10.6 Å². The smallest absolute Gasteiger partial charge is 0.251 e. The molecule has 174 valence electrons. The van der Waals surface area contributed by atoms with Crippen molar-refractivity contribution in [1.29, 1.82) is 0 Å². The van der Waals surface area contributed by atoms with Gasteiger partial charge in [0, 0.05) is 16.7 Å². The molecule has 0 bridgehead atoms. The molecule has 1 fully saturated rings. The first-order valence-corrected chi connectivity index (χ1v) is 11.5. The fourth-order valence-electron chi connectivity index (χ4n) is 3.94. The van der Waals surface area contributed by atoms with E-state index in [0.29, 0.717) is 5.56 Å². The van der Waals surface area contributed by atoms with E-state index < -0.39 is 30.4 Å². The third-order valence-corrected chi connectivity index (χ3v) is 5.96. The summed E-state index contributed by atoms with van der Waals surface area (Å²) >= 11 is 0. The minimum absolute atomic E-state index is 0.342. The zero-order valence-corrected chi connectivity index (χ0v) is 19.0. The number of carbonyl (C=O) groups is 2. The molecule has 1 aliphatic heterocycles. The molecule has 1 heterocycles. The van der Waals surface area contributed by atoms with Crippen molar-refractivity contribution in [3.8, 4) is 11.8 Å². The SMILES string of the molecule is C[C@@H](O)[C@H](NC(=O)c1ccc(C#Cc2ccc(CCC3CCCNC3)cc2)cc1)C(=O)CO. The van der Waals surface area contributed by atoms with Gasteiger partial charge < -0.3 is 20.8 Å². The van der Waals surface area contributed by atoms with Gasteiger partial charge in [0.1, 0.15) is 12.6 Å². The summed E-state index contributed by atoms with van der Waals surface area (Å²) in [6.07, 6.45) is 3.79. The molecule has 0 aromatic heterocycles. The van der Waals surface area contributed by atoms with Crippen molar-refractivity contribution in [3.05, 3.63) is 70.8 Å². The molecule has 2 aromatic carbocycles. The summed E-state index contributed by atoms with van der Waals surface area (Å²) in [4.78, 5) is 24.0. The highest BCUT2D eigenvalue weighted by molar-refractivity contribution is 5.98. The summed E-state index contributed by atoms with van der Waals surface area (Å²) in [5.74, 6) is 5.88. The van der Waals surface area contributed by atoms with E-state index >= 15 is 0 Å². The molecule has 1 amide bonds. The molecule has 0 saturated carbocycles. The predicted molar refractivity (Wildman–Crippen MR) is 128 cm³/mol. The van der Waals surface area contributed by atoms with Gasteiger partial charge >= 0.3 is 0 Å². The maximum atomic E-state index is 12.4. The van der Waals surface area contributed by atoms with Gasteiger partial charge in [-0.25, -0.2) is 0 Å². The monoisotopic (exact) mass is 448 g/mol. The molecule has 0 spiro atoms. The molecular weight excluding hydrogens is 416 g/mol. The second kappa shape index (κ2) is 12.3. The van der Waals surface area contributed by atoms with Crippen molar-refractivity contribution in [2.75, 3.05) is 19.7 Å². The second-order valence-corrected chi connectivity index (χ2v) is 8.59. The van der Waals surface area contributed by atoms with E-state index in [1.807, 2.05) is 12.1 Å². The van der Waals surface area contributed by atoms with E-state index in [2.05, 4.69) is 34.6 Å². The number of piperidine rings is 1. The van der Waals surface area contributed by atoms with Crippen molar-refractivity contribution in [3.63, 3.8) is 0 Å². The normalized spacial score (nSPS) is 17.4. The van der Waals surface area contributed by atoms with Crippen LogP contribution in [0, 0.1) is 17.8 Å². The number of hydrogen-bond donors (Lipinski definition) is 4. The highest BCUT2D eigenvalue weighted by atomic mass is 16.3. The Morgan fingerprint density at radius 2 is 1.73 bits per heavy atom. The first-order valence-electron chi connectivity index (χ1n) is 11.5. The van der Waals surface area contributed by atoms with Gasteiger partial charge in [0.25, 0.3) is 5.91 Å². The van der Waals surface area contributed by atoms with Gasteiger partial charge in [-0.3, -0.25) is 9.59 Å². The molecule has 0 aliphatic carbocycles. The summed E-state index contributed by atoms with van der Waals surface area (Å²) in [6.45, 7) is 2.92. The van der Waals surface area contributed by atoms with Crippen LogP contribution >= 0.6 is 0 Å². The minimum Gasteiger partial charge on any atom is -0.391 e. The summed E-state index contributed by atoms with van der Waals surface area (Å²) < 4.78 is 0. The van der Waals surface area contributed by atoms with E-state index in [-0.39, 0.29) is 0 Å². The molecule has 3 atom stereocenters. The van der Waals surface area contributed by atoms with E-state index in [0.717, 1.165) is 36.6 Å². The zero-order chi connectivity index (χ0) is 23.6. The Labute approximate surface area is 195 Å². The maximum Gasteiger partial charge on any atom is 0.251 e. The summed E-state index contributed by atoms with van der Waals surface area (Å²) in [5.41, 5.74) is 3.37. The number of carbonyl (C=O) groups excluding carboxylic acids is 2. The summed E-state index contributed by atoms with van der Waals surface area (Å²) in [6, 6.07) is 13.9. The molecule has 1 saturated heterocycles. The molecule has 2 aromatic rings. The fourth-order valence-corrected chi connectivity index (χ4v) is 3.94. The molecule has 4 N–H and O–H groups in total. The molecule has 1 unspecified atom stereocenters. The van der Waals surface area contributed by atoms with Crippen molar-refractivity contribution in [2.45, 2.75) is 44.8 Å². The van der Waals surface area contributed by atoms with Crippen LogP contribution in [0.4, 0.5) is 0 Å². The molecule has 0 radical (unpaired) electrons. The third kappa shape index (κ3) is 7.54. The Hall–Kier alpha value is -2.98. The number of rotatable bonds is 8. The average Bonchev–Trinajstić information content (AvgIpc) is 2.85. The van der Waals surface area contributed by atoms with Gasteiger partial charge in [-0.05, 0) is 93.6 Å². The highest BCUT2D eigenvalue weighted by Gasteiger charge is 2.25. The number of hydrogen-bond acceptors (Lipinski definition) is 5. The standard InChI is InChI=1S/C27H32N2O4/c1-19(31)26(25(32)18-30)29-27(33)24-14-12-22(13-15-24)9-8-20-4-6-21(7-5-20)10-11-23-3-2-16-28-17-23/h4-7,12-15,19,23,26,28,30-31H,2-3,10-11,16-18H2,1H3,(H,29,33)/t19-,23?,26+/m1/s1. The largest absolute Gasteiger partial charge is 0.391 e. The first kappa shape index (κ1) is 24.7. The van der Waals surface area contributed by atoms with Crippen molar-refractivity contribution in [2.24, 2.45) is 5.92 Å². The Morgan fingerprint density at radius 3 is 2.27 bits per heavy atom. The molecule has 6 nitrogen and oxygen atoms in total. The van der Waals surface area contributed by atoms with Gasteiger partial charge in [0.2, 0.25) is 0 Å². The Kier molecular flexibility index (Phi) is 9.20. The van der Waals surface area contributed by atoms with Crippen molar-refractivity contribution >= 4 is 11.7 Å². The van der Waals surface area contributed by atoms with Crippen LogP contribution in [-0.4, -0.2) is 53.7 Å². The molecule has 33 heavy (non-hydrogen) atoms. The molecule has 6 heteroatoms. The lowest BCUT2D eigenvalue weighted by Gasteiger charge is -2.22. The van der Waals surface area contributed by atoms with Crippen LogP contribution in [0.15, 0.2) is 48.5 Å². The van der Waals surface area contributed by atoms with Gasteiger partial charge in [0.15, 0.2) is 5.78 Å². The minimum atomic E-state index is -1.15. The number of aliphatic hydroxyl groups excluding tert-OH is 2. The molecule has 3 rings (SSSR count). The lowest BCUT2D eigenvalue weighted by atomic mass is 9.92. The second-order valence-electron chi connectivity index (χ2n) is 8.59. The van der Waals surface area contributed by atoms with Crippen LogP contribution < -0.4 is 10.6 Å². The Balaban J connectivity index is 1.55. The van der Waals surface area contributed by atoms with Gasteiger partial charge in [-0.2, -0.15) is 0 Å². The maximum absolute atomic E-state index is 12.4. The average molecular weight is 449 g/mol. The Morgan fingerprint density at radius 1 is 1.09 bits per heavy atom. The highest BCUT2D eigenvalue weighted by Crippen LogP contribution is 2.17. The lowest BCUT2D eigenvalue weighted by molar-refractivity contribution is -0.125. The van der Waals surface area contributed by atoms with E-state index in [4.69, 9.17) is 5.11 Å². The number of nitrogens with one attached hydrogen (secondary N) is 2. The number of aliphatic hydroxyl groups is 2. The molecular formula is C27H32N2O4. The van der Waals surface area contributed by atoms with Crippen LogP contribution in [0.25, 0.3) is 0 Å². The van der Waals surface area contributed by atoms with E-state index in [1.54, 1.807) is 24.3 Å². The van der Waals surface area contributed by atoms with E-state index in [1.165, 1.54) is 31.7 Å². The van der Waals surface area contributed by atoms with E-state index in [9.17, 15) is 14.7 Å². The van der Waals surface area contributed by atoms with Gasteiger partial charge in [-0.15, -0.1) is 0 Å². The third-order valence-electron chi connectivity index (χ3n) is 5.96. The number of amides is 1. The zero-order valence-electron chi connectivity index (χ0n) is 19.0. The van der Waals surface area contributed by atoms with Crippen LogP contribution in [0.2, 0.25) is 0 Å².